The molecule has 6 nitrogen and oxygen atoms in total. The number of hydrogen-bond acceptors (Lipinski definition) is 5. The van der Waals surface area contributed by atoms with E-state index in [0.29, 0.717) is 31.2 Å². The maximum Gasteiger partial charge on any atom is 0.308 e. The second-order valence-electron chi connectivity index (χ2n) is 6.22. The molecule has 0 saturated carbocycles. The Bertz CT molecular complexity index is 890. The zero-order chi connectivity index (χ0) is 17.9. The predicted molar refractivity (Wildman–Crippen MR) is 96.4 cm³/mol. The van der Waals surface area contributed by atoms with Crippen LogP contribution < -0.4 is 9.64 Å². The van der Waals surface area contributed by atoms with Crippen LogP contribution in [0.3, 0.4) is 0 Å². The van der Waals surface area contributed by atoms with Gasteiger partial charge in [-0.1, -0.05) is 18.2 Å². The molecule has 0 radical (unpaired) electrons. The van der Waals surface area contributed by atoms with Gasteiger partial charge in [-0.05, 0) is 42.8 Å². The Kier molecular flexibility index (Phi) is 4.31. The van der Waals surface area contributed by atoms with Crippen LogP contribution in [0.15, 0.2) is 65.3 Å². The van der Waals surface area contributed by atoms with Gasteiger partial charge in [-0.15, -0.1) is 0 Å². The van der Waals surface area contributed by atoms with Gasteiger partial charge < -0.3 is 19.2 Å². The van der Waals surface area contributed by atoms with Crippen LogP contribution in [0.25, 0.3) is 11.3 Å². The van der Waals surface area contributed by atoms with E-state index in [9.17, 15) is 4.79 Å². The Morgan fingerprint density at radius 1 is 1.12 bits per heavy atom. The minimum Gasteiger partial charge on any atom is -0.481 e. The van der Waals surface area contributed by atoms with Crippen LogP contribution in [-0.4, -0.2) is 29.1 Å². The Hall–Kier alpha value is -3.28. The Balaban J connectivity index is 1.45. The molecule has 2 aromatic carbocycles. The highest BCUT2D eigenvalue weighted by Gasteiger charge is 2.30. The van der Waals surface area contributed by atoms with E-state index in [-0.39, 0.29) is 5.92 Å². The first kappa shape index (κ1) is 16.2. The third-order valence-electron chi connectivity index (χ3n) is 4.43. The van der Waals surface area contributed by atoms with Crippen LogP contribution in [0.5, 0.6) is 11.5 Å². The van der Waals surface area contributed by atoms with Crippen LogP contribution in [-0.2, 0) is 4.79 Å². The third kappa shape index (κ3) is 3.39. The average molecular weight is 350 g/mol. The predicted octanol–water partition coefficient (Wildman–Crippen LogP) is 4.04. The van der Waals surface area contributed by atoms with Gasteiger partial charge in [0.2, 0.25) is 0 Å². The number of benzene rings is 2. The van der Waals surface area contributed by atoms with Crippen molar-refractivity contribution in [3.05, 3.63) is 60.9 Å². The quantitative estimate of drug-likeness (QED) is 0.748. The standard InChI is InChI=1S/C20H18N2O4/c23-19(24)15-10-11-22(12-15)20-21-18(13-25-20)14-6-8-17(9-7-14)26-16-4-2-1-3-5-16/h1-9,13,15H,10-12H2,(H,23,24). The number of hydrogen-bond donors (Lipinski definition) is 1. The molecule has 1 aromatic heterocycles. The van der Waals surface area contributed by atoms with Crippen molar-refractivity contribution in [1.29, 1.82) is 0 Å². The lowest BCUT2D eigenvalue weighted by molar-refractivity contribution is -0.140. The summed E-state index contributed by atoms with van der Waals surface area (Å²) in [5.41, 5.74) is 1.62. The number of aliphatic carboxylic acids is 1. The molecule has 4 rings (SSSR count). The molecule has 0 aliphatic carbocycles. The Labute approximate surface area is 150 Å². The maximum atomic E-state index is 11.1. The van der Waals surface area contributed by atoms with Crippen molar-refractivity contribution >= 4 is 12.0 Å². The number of carboxylic acids is 1. The van der Waals surface area contributed by atoms with E-state index >= 15 is 0 Å². The zero-order valence-corrected chi connectivity index (χ0v) is 14.0. The average Bonchev–Trinajstić information content (AvgIpc) is 3.33. The molecule has 1 aliphatic rings. The maximum absolute atomic E-state index is 11.1. The third-order valence-corrected chi connectivity index (χ3v) is 4.43. The number of para-hydroxylation sites is 1. The molecule has 1 N–H and O–H groups in total. The molecule has 1 saturated heterocycles. The molecule has 1 aliphatic heterocycles. The monoisotopic (exact) mass is 350 g/mol. The van der Waals surface area contributed by atoms with Gasteiger partial charge in [-0.3, -0.25) is 4.79 Å². The van der Waals surface area contributed by atoms with E-state index in [0.717, 1.165) is 17.1 Å². The molecule has 6 heteroatoms. The van der Waals surface area contributed by atoms with Crippen LogP contribution >= 0.6 is 0 Å². The van der Waals surface area contributed by atoms with E-state index in [1.165, 1.54) is 0 Å². The molecule has 0 spiro atoms. The van der Waals surface area contributed by atoms with Crippen LogP contribution in [0, 0.1) is 5.92 Å². The van der Waals surface area contributed by atoms with Crippen molar-refractivity contribution in [3.8, 4) is 22.8 Å². The minimum absolute atomic E-state index is 0.361. The summed E-state index contributed by atoms with van der Waals surface area (Å²) in [4.78, 5) is 17.4. The van der Waals surface area contributed by atoms with Gasteiger partial charge in [-0.2, -0.15) is 4.98 Å². The van der Waals surface area contributed by atoms with Gasteiger partial charge in [0.15, 0.2) is 0 Å². The molecule has 26 heavy (non-hydrogen) atoms. The lowest BCUT2D eigenvalue weighted by Crippen LogP contribution is -2.22. The largest absolute Gasteiger partial charge is 0.481 e. The highest BCUT2D eigenvalue weighted by Crippen LogP contribution is 2.29. The topological polar surface area (TPSA) is 75.8 Å². The fourth-order valence-corrected chi connectivity index (χ4v) is 3.00. The van der Waals surface area contributed by atoms with Crippen molar-refractivity contribution in [1.82, 2.24) is 4.98 Å². The smallest absolute Gasteiger partial charge is 0.308 e. The first-order chi connectivity index (χ1) is 12.7. The molecule has 3 aromatic rings. The van der Waals surface area contributed by atoms with Gasteiger partial charge in [0.1, 0.15) is 23.5 Å². The number of carboxylic acid groups (broad SMARTS) is 1. The number of rotatable bonds is 5. The number of oxazole rings is 1. The van der Waals surface area contributed by atoms with Gasteiger partial charge in [0, 0.05) is 18.7 Å². The second-order valence-corrected chi connectivity index (χ2v) is 6.22. The van der Waals surface area contributed by atoms with E-state index in [1.807, 2.05) is 59.5 Å². The van der Waals surface area contributed by atoms with E-state index in [2.05, 4.69) is 4.98 Å². The SMILES string of the molecule is O=C(O)C1CCN(c2nc(-c3ccc(Oc4ccccc4)cc3)co2)C1. The minimum atomic E-state index is -0.770. The summed E-state index contributed by atoms with van der Waals surface area (Å²) in [6.45, 7) is 1.07. The molecule has 1 atom stereocenters. The second kappa shape index (κ2) is 6.92. The Morgan fingerprint density at radius 2 is 1.85 bits per heavy atom. The summed E-state index contributed by atoms with van der Waals surface area (Å²) < 4.78 is 11.3. The van der Waals surface area contributed by atoms with Gasteiger partial charge >= 0.3 is 5.97 Å². The van der Waals surface area contributed by atoms with Crippen LogP contribution in [0.1, 0.15) is 6.42 Å². The first-order valence-electron chi connectivity index (χ1n) is 8.45. The molecule has 1 unspecified atom stereocenters. The highest BCUT2D eigenvalue weighted by atomic mass is 16.5. The van der Waals surface area contributed by atoms with Crippen molar-refractivity contribution in [2.45, 2.75) is 6.42 Å². The van der Waals surface area contributed by atoms with E-state index < -0.39 is 5.97 Å². The molecule has 0 bridgehead atoms. The Morgan fingerprint density at radius 3 is 2.54 bits per heavy atom. The summed E-state index contributed by atoms with van der Waals surface area (Å²) in [6, 6.07) is 17.7. The lowest BCUT2D eigenvalue weighted by atomic mass is 10.1. The number of carbonyl (C=O) groups is 1. The fraction of sp³-hybridized carbons (Fsp3) is 0.200. The lowest BCUT2D eigenvalue weighted by Gasteiger charge is -2.11. The molecular weight excluding hydrogens is 332 g/mol. The number of anilines is 1. The van der Waals surface area contributed by atoms with Gasteiger partial charge in [-0.25, -0.2) is 0 Å². The van der Waals surface area contributed by atoms with Crippen LogP contribution in [0.4, 0.5) is 6.01 Å². The van der Waals surface area contributed by atoms with E-state index in [1.54, 1.807) is 6.26 Å². The molecule has 0 amide bonds. The fourth-order valence-electron chi connectivity index (χ4n) is 3.00. The summed E-state index contributed by atoms with van der Waals surface area (Å²) in [7, 11) is 0. The van der Waals surface area contributed by atoms with Crippen LogP contribution in [0.2, 0.25) is 0 Å². The first-order valence-corrected chi connectivity index (χ1v) is 8.45. The van der Waals surface area contributed by atoms with Crippen molar-refractivity contribution in [3.63, 3.8) is 0 Å². The van der Waals surface area contributed by atoms with Gasteiger partial charge in [0.25, 0.3) is 6.01 Å². The molecule has 132 valence electrons. The summed E-state index contributed by atoms with van der Waals surface area (Å²) >= 11 is 0. The summed E-state index contributed by atoms with van der Waals surface area (Å²) in [5, 5.41) is 9.10. The zero-order valence-electron chi connectivity index (χ0n) is 14.0. The van der Waals surface area contributed by atoms with E-state index in [4.69, 9.17) is 14.3 Å². The number of aromatic nitrogens is 1. The summed E-state index contributed by atoms with van der Waals surface area (Å²) in [6.07, 6.45) is 2.20. The van der Waals surface area contributed by atoms with Crippen molar-refractivity contribution < 1.29 is 19.1 Å². The van der Waals surface area contributed by atoms with Crippen molar-refractivity contribution in [2.75, 3.05) is 18.0 Å². The van der Waals surface area contributed by atoms with Crippen molar-refractivity contribution in [2.24, 2.45) is 5.92 Å². The molecule has 2 heterocycles. The molecule has 1 fully saturated rings. The number of nitrogens with zero attached hydrogens (tertiary/aromatic N) is 2. The number of ether oxygens (including phenoxy) is 1. The summed E-state index contributed by atoms with van der Waals surface area (Å²) in [5.74, 6) is 0.395. The van der Waals surface area contributed by atoms with Gasteiger partial charge in [0.05, 0.1) is 5.92 Å². The molecular formula is C20H18N2O4. The highest BCUT2D eigenvalue weighted by molar-refractivity contribution is 5.71. The normalized spacial score (nSPS) is 16.6.